The summed E-state index contributed by atoms with van der Waals surface area (Å²) >= 11 is 0. The first-order valence-electron chi connectivity index (χ1n) is 5.02. The normalized spacial score (nSPS) is 11.0. The van der Waals surface area contributed by atoms with Crippen molar-refractivity contribution in [2.45, 2.75) is 26.2 Å². The van der Waals surface area contributed by atoms with Gasteiger partial charge in [0, 0.05) is 23.5 Å². The first-order valence-corrected chi connectivity index (χ1v) is 5.02. The van der Waals surface area contributed by atoms with Crippen LogP contribution in [-0.2, 0) is 5.41 Å². The van der Waals surface area contributed by atoms with Crippen LogP contribution in [0.5, 0.6) is 0 Å². The first-order chi connectivity index (χ1) is 7.48. The van der Waals surface area contributed by atoms with E-state index in [0.717, 1.165) is 0 Å². The molecule has 0 amide bonds. The minimum absolute atomic E-state index is 0. The monoisotopic (exact) mass is 254 g/mol. The quantitative estimate of drug-likeness (QED) is 0.846. The maximum atomic E-state index is 5.80. The van der Waals surface area contributed by atoms with Crippen LogP contribution < -0.4 is 5.73 Å². The van der Waals surface area contributed by atoms with Crippen LogP contribution in [-0.4, -0.2) is 15.1 Å². The number of hydrogen-bond donors (Lipinski definition) is 1. The van der Waals surface area contributed by atoms with Gasteiger partial charge in [0.15, 0.2) is 5.82 Å². The third-order valence-electron chi connectivity index (χ3n) is 2.18. The average molecular weight is 255 g/mol. The van der Waals surface area contributed by atoms with Gasteiger partial charge in [-0.2, -0.15) is 4.98 Å². The Balaban J connectivity index is 0.00000144. The van der Waals surface area contributed by atoms with E-state index in [1.165, 1.54) is 0 Å². The van der Waals surface area contributed by atoms with E-state index in [4.69, 9.17) is 10.3 Å². The van der Waals surface area contributed by atoms with Crippen molar-refractivity contribution in [1.29, 1.82) is 0 Å². The van der Waals surface area contributed by atoms with Crippen LogP contribution in [0.3, 0.4) is 0 Å². The summed E-state index contributed by atoms with van der Waals surface area (Å²) in [6.45, 7) is 6.07. The zero-order valence-electron chi connectivity index (χ0n) is 9.97. The second-order valence-corrected chi connectivity index (χ2v) is 4.64. The van der Waals surface area contributed by atoms with Gasteiger partial charge in [0.2, 0.25) is 0 Å². The van der Waals surface area contributed by atoms with Crippen LogP contribution in [0.15, 0.2) is 23.0 Å². The van der Waals surface area contributed by atoms with Crippen LogP contribution in [0.1, 0.15) is 26.6 Å². The molecular weight excluding hydrogens is 240 g/mol. The summed E-state index contributed by atoms with van der Waals surface area (Å²) in [5, 5.41) is 3.94. The van der Waals surface area contributed by atoms with Gasteiger partial charge in [-0.25, -0.2) is 0 Å². The molecule has 2 N–H and O–H groups in total. The van der Waals surface area contributed by atoms with Crippen molar-refractivity contribution in [3.05, 3.63) is 24.3 Å². The standard InChI is InChI=1S/C11H14N4O.ClH/c1-11(2,3)10-14-9(16-15-10)7-6-13-5-4-8(7)12;/h4-6H,1-3H3,(H2,12,13);1H. The van der Waals surface area contributed by atoms with Crippen LogP contribution in [0.25, 0.3) is 11.5 Å². The number of rotatable bonds is 1. The second kappa shape index (κ2) is 4.71. The molecule has 0 aromatic carbocycles. The SMILES string of the molecule is CC(C)(C)c1noc(-c2cnccc2N)n1.Cl. The van der Waals surface area contributed by atoms with Gasteiger partial charge in [-0.05, 0) is 6.07 Å². The van der Waals surface area contributed by atoms with Crippen molar-refractivity contribution in [1.82, 2.24) is 15.1 Å². The summed E-state index contributed by atoms with van der Waals surface area (Å²) in [7, 11) is 0. The highest BCUT2D eigenvalue weighted by atomic mass is 35.5. The van der Waals surface area contributed by atoms with Crippen molar-refractivity contribution < 1.29 is 4.52 Å². The number of aromatic nitrogens is 3. The molecule has 0 saturated heterocycles. The largest absolute Gasteiger partial charge is 0.398 e. The van der Waals surface area contributed by atoms with Crippen molar-refractivity contribution >= 4 is 18.1 Å². The molecule has 0 bridgehead atoms. The average Bonchev–Trinajstić information content (AvgIpc) is 2.66. The Morgan fingerprint density at radius 2 is 2.00 bits per heavy atom. The Morgan fingerprint density at radius 1 is 1.29 bits per heavy atom. The van der Waals surface area contributed by atoms with E-state index in [2.05, 4.69) is 15.1 Å². The topological polar surface area (TPSA) is 77.8 Å². The third-order valence-corrected chi connectivity index (χ3v) is 2.18. The van der Waals surface area contributed by atoms with Gasteiger partial charge < -0.3 is 10.3 Å². The zero-order chi connectivity index (χ0) is 11.8. The van der Waals surface area contributed by atoms with Gasteiger partial charge in [0.1, 0.15) is 0 Å². The molecule has 2 aromatic heterocycles. The van der Waals surface area contributed by atoms with Gasteiger partial charge in [-0.15, -0.1) is 12.4 Å². The van der Waals surface area contributed by atoms with Gasteiger partial charge >= 0.3 is 0 Å². The lowest BCUT2D eigenvalue weighted by Gasteiger charge is -2.10. The summed E-state index contributed by atoms with van der Waals surface area (Å²) in [5.41, 5.74) is 6.92. The fourth-order valence-corrected chi connectivity index (χ4v) is 1.22. The maximum absolute atomic E-state index is 5.80. The molecule has 92 valence electrons. The van der Waals surface area contributed by atoms with E-state index in [0.29, 0.717) is 23.0 Å². The van der Waals surface area contributed by atoms with E-state index in [1.807, 2.05) is 20.8 Å². The molecule has 2 aromatic rings. The molecule has 0 fully saturated rings. The fraction of sp³-hybridized carbons (Fsp3) is 0.364. The van der Waals surface area contributed by atoms with Gasteiger partial charge in [0.25, 0.3) is 5.89 Å². The molecule has 0 aliphatic rings. The predicted molar refractivity (Wildman–Crippen MR) is 67.9 cm³/mol. The molecule has 0 aliphatic heterocycles. The highest BCUT2D eigenvalue weighted by Crippen LogP contribution is 2.26. The molecule has 0 atom stereocenters. The molecule has 6 heteroatoms. The van der Waals surface area contributed by atoms with Crippen LogP contribution >= 0.6 is 12.4 Å². The maximum Gasteiger partial charge on any atom is 0.261 e. The molecule has 0 spiro atoms. The van der Waals surface area contributed by atoms with Gasteiger partial charge in [-0.3, -0.25) is 4.98 Å². The molecule has 17 heavy (non-hydrogen) atoms. The molecule has 5 nitrogen and oxygen atoms in total. The van der Waals surface area contributed by atoms with Crippen molar-refractivity contribution in [3.63, 3.8) is 0 Å². The Bertz CT molecular complexity index is 504. The Hall–Kier alpha value is -1.62. The van der Waals surface area contributed by atoms with Crippen LogP contribution in [0.2, 0.25) is 0 Å². The predicted octanol–water partition coefficient (Wildman–Crippen LogP) is 2.43. The summed E-state index contributed by atoms with van der Waals surface area (Å²) in [4.78, 5) is 8.30. The second-order valence-electron chi connectivity index (χ2n) is 4.64. The highest BCUT2D eigenvalue weighted by molar-refractivity contribution is 5.85. The lowest BCUT2D eigenvalue weighted by molar-refractivity contribution is 0.402. The summed E-state index contributed by atoms with van der Waals surface area (Å²) < 4.78 is 5.18. The number of anilines is 1. The smallest absolute Gasteiger partial charge is 0.261 e. The lowest BCUT2D eigenvalue weighted by Crippen LogP contribution is -2.13. The summed E-state index contributed by atoms with van der Waals surface area (Å²) in [5.74, 6) is 1.07. The van der Waals surface area contributed by atoms with Gasteiger partial charge in [-0.1, -0.05) is 25.9 Å². The lowest BCUT2D eigenvalue weighted by atomic mass is 9.96. The van der Waals surface area contributed by atoms with Gasteiger partial charge in [0.05, 0.1) is 5.56 Å². The van der Waals surface area contributed by atoms with Crippen molar-refractivity contribution in [2.24, 2.45) is 0 Å². The Morgan fingerprint density at radius 3 is 2.53 bits per heavy atom. The third kappa shape index (κ3) is 2.74. The highest BCUT2D eigenvalue weighted by Gasteiger charge is 2.22. The molecule has 0 saturated carbocycles. The number of nitrogens with zero attached hydrogens (tertiary/aromatic N) is 3. The number of nitrogen functional groups attached to an aromatic ring is 1. The van der Waals surface area contributed by atoms with Crippen molar-refractivity contribution in [3.8, 4) is 11.5 Å². The van der Waals surface area contributed by atoms with Crippen molar-refractivity contribution in [2.75, 3.05) is 5.73 Å². The summed E-state index contributed by atoms with van der Waals surface area (Å²) in [6, 6.07) is 1.70. The Kier molecular flexibility index (Phi) is 3.72. The zero-order valence-corrected chi connectivity index (χ0v) is 10.8. The Labute approximate surface area is 106 Å². The van der Waals surface area contributed by atoms with E-state index >= 15 is 0 Å². The number of halogens is 1. The minimum Gasteiger partial charge on any atom is -0.398 e. The fourth-order valence-electron chi connectivity index (χ4n) is 1.22. The molecule has 2 heterocycles. The van der Waals surface area contributed by atoms with E-state index in [-0.39, 0.29) is 17.8 Å². The van der Waals surface area contributed by atoms with Crippen LogP contribution in [0, 0.1) is 0 Å². The number of nitrogens with two attached hydrogens (primary N) is 1. The van der Waals surface area contributed by atoms with E-state index in [9.17, 15) is 0 Å². The van der Waals surface area contributed by atoms with E-state index in [1.54, 1.807) is 18.5 Å². The molecule has 2 rings (SSSR count). The molecule has 0 unspecified atom stereocenters. The first kappa shape index (κ1) is 13.4. The summed E-state index contributed by atoms with van der Waals surface area (Å²) in [6.07, 6.45) is 3.25. The molecular formula is C11H15ClN4O. The van der Waals surface area contributed by atoms with E-state index < -0.39 is 0 Å². The number of hydrogen-bond acceptors (Lipinski definition) is 5. The minimum atomic E-state index is -0.140. The number of pyridine rings is 1. The molecule has 0 aliphatic carbocycles. The molecule has 0 radical (unpaired) electrons. The van der Waals surface area contributed by atoms with Crippen LogP contribution in [0.4, 0.5) is 5.69 Å².